The van der Waals surface area contributed by atoms with Gasteiger partial charge in [-0.3, -0.25) is 0 Å². The van der Waals surface area contributed by atoms with Crippen LogP contribution in [0.25, 0.3) is 0 Å². The van der Waals surface area contributed by atoms with E-state index in [1.165, 1.54) is 11.8 Å². The first-order valence-corrected chi connectivity index (χ1v) is 6.04. The van der Waals surface area contributed by atoms with Gasteiger partial charge >= 0.3 is 5.97 Å². The first-order chi connectivity index (χ1) is 7.50. The molecule has 0 amide bonds. The molecule has 1 aromatic heterocycles. The molecule has 16 heavy (non-hydrogen) atoms. The summed E-state index contributed by atoms with van der Waals surface area (Å²) in [7, 11) is 3.97. The first-order valence-electron chi connectivity index (χ1n) is 4.68. The number of pyridine rings is 1. The van der Waals surface area contributed by atoms with Crippen molar-refractivity contribution in [3.63, 3.8) is 0 Å². The summed E-state index contributed by atoms with van der Waals surface area (Å²) in [5, 5.41) is 9.69. The molecule has 1 rings (SSSR count). The number of hydrogen-bond acceptors (Lipinski definition) is 4. The van der Waals surface area contributed by atoms with E-state index in [4.69, 9.17) is 16.7 Å². The number of aromatic nitrogens is 1. The van der Waals surface area contributed by atoms with Gasteiger partial charge in [0.25, 0.3) is 0 Å². The number of carboxylic acids is 1. The van der Waals surface area contributed by atoms with Crippen molar-refractivity contribution >= 4 is 29.3 Å². The molecule has 1 heterocycles. The Morgan fingerprint density at radius 1 is 1.56 bits per heavy atom. The summed E-state index contributed by atoms with van der Waals surface area (Å²) in [6.07, 6.45) is 0. The second kappa shape index (κ2) is 6.08. The van der Waals surface area contributed by atoms with Gasteiger partial charge in [-0.25, -0.2) is 9.78 Å². The Labute approximate surface area is 104 Å². The van der Waals surface area contributed by atoms with Crippen LogP contribution in [-0.4, -0.2) is 47.4 Å². The molecule has 0 unspecified atom stereocenters. The summed E-state index contributed by atoms with van der Waals surface area (Å²) >= 11 is 7.23. The molecule has 0 aliphatic heterocycles. The fraction of sp³-hybridized carbons (Fsp3) is 0.400. The van der Waals surface area contributed by atoms with Crippen LogP contribution in [0.2, 0.25) is 5.02 Å². The average molecular weight is 261 g/mol. The lowest BCUT2D eigenvalue weighted by molar-refractivity contribution is 0.0690. The molecule has 0 aromatic carbocycles. The fourth-order valence-corrected chi connectivity index (χ4v) is 2.16. The lowest BCUT2D eigenvalue weighted by Crippen LogP contribution is -2.14. The van der Waals surface area contributed by atoms with E-state index in [-0.39, 0.29) is 10.7 Å². The smallest absolute Gasteiger partial charge is 0.356 e. The van der Waals surface area contributed by atoms with Gasteiger partial charge in [-0.2, -0.15) is 0 Å². The summed E-state index contributed by atoms with van der Waals surface area (Å²) < 4.78 is 0. The highest BCUT2D eigenvalue weighted by molar-refractivity contribution is 7.99. The van der Waals surface area contributed by atoms with E-state index < -0.39 is 5.97 Å². The highest BCUT2D eigenvalue weighted by Gasteiger charge is 2.11. The first kappa shape index (κ1) is 13.3. The van der Waals surface area contributed by atoms with Gasteiger partial charge in [0, 0.05) is 12.3 Å². The van der Waals surface area contributed by atoms with Crippen molar-refractivity contribution in [1.29, 1.82) is 0 Å². The molecule has 0 aliphatic carbocycles. The molecular weight excluding hydrogens is 248 g/mol. The summed E-state index contributed by atoms with van der Waals surface area (Å²) in [6, 6.07) is 3.30. The molecule has 4 nitrogen and oxygen atoms in total. The number of hydrogen-bond donors (Lipinski definition) is 1. The third-order valence-corrected chi connectivity index (χ3v) is 3.03. The van der Waals surface area contributed by atoms with E-state index in [1.807, 2.05) is 14.1 Å². The molecule has 0 aliphatic rings. The van der Waals surface area contributed by atoms with Crippen LogP contribution in [0.1, 0.15) is 10.5 Å². The van der Waals surface area contributed by atoms with E-state index >= 15 is 0 Å². The minimum absolute atomic E-state index is 0.0866. The number of halogens is 1. The maximum absolute atomic E-state index is 10.8. The molecule has 1 aromatic rings. The van der Waals surface area contributed by atoms with Crippen LogP contribution in [0.4, 0.5) is 0 Å². The van der Waals surface area contributed by atoms with Crippen molar-refractivity contribution < 1.29 is 9.90 Å². The van der Waals surface area contributed by atoms with E-state index in [0.717, 1.165) is 12.3 Å². The van der Waals surface area contributed by atoms with Gasteiger partial charge in [0.15, 0.2) is 5.69 Å². The second-order valence-corrected chi connectivity index (χ2v) is 4.96. The molecule has 88 valence electrons. The van der Waals surface area contributed by atoms with Crippen LogP contribution in [0, 0.1) is 0 Å². The maximum atomic E-state index is 10.8. The van der Waals surface area contributed by atoms with Crippen LogP contribution < -0.4 is 0 Å². The lowest BCUT2D eigenvalue weighted by atomic mass is 10.3. The molecule has 0 radical (unpaired) electrons. The Bertz CT molecular complexity index is 385. The number of thioether (sulfide) groups is 1. The predicted octanol–water partition coefficient (Wildman–Crippen LogP) is 2.09. The Balaban J connectivity index is 2.68. The van der Waals surface area contributed by atoms with Gasteiger partial charge in [-0.15, -0.1) is 11.8 Å². The van der Waals surface area contributed by atoms with Gasteiger partial charge in [0.2, 0.25) is 0 Å². The second-order valence-electron chi connectivity index (χ2n) is 3.44. The van der Waals surface area contributed by atoms with Gasteiger partial charge in [0.05, 0.1) is 10.0 Å². The van der Waals surface area contributed by atoms with Crippen LogP contribution in [-0.2, 0) is 0 Å². The van der Waals surface area contributed by atoms with E-state index in [9.17, 15) is 4.79 Å². The number of aromatic carboxylic acids is 1. The third kappa shape index (κ3) is 4.00. The molecule has 0 saturated carbocycles. The summed E-state index contributed by atoms with van der Waals surface area (Å²) in [4.78, 5) is 16.8. The Kier molecular flexibility index (Phi) is 5.05. The molecule has 1 N–H and O–H groups in total. The van der Waals surface area contributed by atoms with E-state index in [1.54, 1.807) is 12.1 Å². The van der Waals surface area contributed by atoms with Crippen molar-refractivity contribution in [2.75, 3.05) is 26.4 Å². The predicted molar refractivity (Wildman–Crippen MR) is 65.5 cm³/mol. The molecule has 6 heteroatoms. The lowest BCUT2D eigenvalue weighted by Gasteiger charge is -2.08. The maximum Gasteiger partial charge on any atom is 0.356 e. The SMILES string of the molecule is CN(C)CCSc1ccc(Cl)c(C(=O)O)n1. The quantitative estimate of drug-likeness (QED) is 0.822. The van der Waals surface area contributed by atoms with E-state index in [2.05, 4.69) is 9.88 Å². The van der Waals surface area contributed by atoms with Crippen LogP contribution in [0.15, 0.2) is 17.2 Å². The van der Waals surface area contributed by atoms with Crippen LogP contribution >= 0.6 is 23.4 Å². The minimum Gasteiger partial charge on any atom is -0.476 e. The minimum atomic E-state index is -1.10. The zero-order chi connectivity index (χ0) is 12.1. The number of rotatable bonds is 5. The van der Waals surface area contributed by atoms with E-state index in [0.29, 0.717) is 5.03 Å². The summed E-state index contributed by atoms with van der Waals surface area (Å²) in [5.74, 6) is -0.235. The molecule has 0 spiro atoms. The number of nitrogens with zero attached hydrogens (tertiary/aromatic N) is 2. The summed E-state index contributed by atoms with van der Waals surface area (Å²) in [5.41, 5.74) is -0.0866. The third-order valence-electron chi connectivity index (χ3n) is 1.81. The van der Waals surface area contributed by atoms with Crippen molar-refractivity contribution in [1.82, 2.24) is 9.88 Å². The zero-order valence-corrected chi connectivity index (χ0v) is 10.7. The van der Waals surface area contributed by atoms with Crippen molar-refractivity contribution in [2.24, 2.45) is 0 Å². The van der Waals surface area contributed by atoms with Gasteiger partial charge in [0.1, 0.15) is 0 Å². The Hall–Kier alpha value is -0.780. The van der Waals surface area contributed by atoms with Crippen molar-refractivity contribution in [3.8, 4) is 0 Å². The Morgan fingerprint density at radius 2 is 2.25 bits per heavy atom. The zero-order valence-electron chi connectivity index (χ0n) is 9.11. The largest absolute Gasteiger partial charge is 0.476 e. The molecular formula is C10H13ClN2O2S. The highest BCUT2D eigenvalue weighted by atomic mass is 35.5. The van der Waals surface area contributed by atoms with Gasteiger partial charge < -0.3 is 10.0 Å². The standard InChI is InChI=1S/C10H13ClN2O2S/c1-13(2)5-6-16-8-4-3-7(11)9(12-8)10(14)15/h3-4H,5-6H2,1-2H3,(H,14,15). The molecule has 0 bridgehead atoms. The monoisotopic (exact) mass is 260 g/mol. The molecule has 0 saturated heterocycles. The normalized spacial score (nSPS) is 10.8. The summed E-state index contributed by atoms with van der Waals surface area (Å²) in [6.45, 7) is 0.914. The van der Waals surface area contributed by atoms with Gasteiger partial charge in [-0.1, -0.05) is 11.6 Å². The Morgan fingerprint density at radius 3 is 2.81 bits per heavy atom. The average Bonchev–Trinajstić information content (AvgIpc) is 2.19. The van der Waals surface area contributed by atoms with Gasteiger partial charge in [-0.05, 0) is 26.2 Å². The number of carboxylic acid groups (broad SMARTS) is 1. The fourth-order valence-electron chi connectivity index (χ4n) is 0.987. The highest BCUT2D eigenvalue weighted by Crippen LogP contribution is 2.20. The topological polar surface area (TPSA) is 53.4 Å². The van der Waals surface area contributed by atoms with Crippen molar-refractivity contribution in [2.45, 2.75) is 5.03 Å². The van der Waals surface area contributed by atoms with Crippen molar-refractivity contribution in [3.05, 3.63) is 22.8 Å². The molecule has 0 atom stereocenters. The van der Waals surface area contributed by atoms with Crippen LogP contribution in [0.5, 0.6) is 0 Å². The molecule has 0 fully saturated rings. The van der Waals surface area contributed by atoms with Crippen LogP contribution in [0.3, 0.4) is 0 Å². The number of carbonyl (C=O) groups is 1.